The molecule has 0 saturated heterocycles. The maximum atomic E-state index is 11.6. The van der Waals surface area contributed by atoms with Gasteiger partial charge >= 0.3 is 0 Å². The van der Waals surface area contributed by atoms with E-state index in [1.54, 1.807) is 12.1 Å². The Balaban J connectivity index is 2.73. The molecule has 0 unspecified atom stereocenters. The second-order valence-electron chi connectivity index (χ2n) is 2.41. The minimum Gasteiger partial charge on any atom is -0.281 e. The van der Waals surface area contributed by atoms with E-state index in [0.29, 0.717) is 20.7 Å². The lowest BCUT2D eigenvalue weighted by Gasteiger charge is -2.02. The minimum atomic E-state index is -0.176. The SMILES string of the molecule is N#CSCSC(=O)c1cc(Cl)ccc1Cl. The number of thiocyanates is 1. The predicted octanol–water partition coefficient (Wildman–Crippen LogP) is 4.04. The third kappa shape index (κ3) is 3.96. The average molecular weight is 278 g/mol. The van der Waals surface area contributed by atoms with E-state index in [0.717, 1.165) is 23.5 Å². The van der Waals surface area contributed by atoms with Crippen molar-refractivity contribution in [3.63, 3.8) is 0 Å². The molecule has 0 aliphatic rings. The van der Waals surface area contributed by atoms with Gasteiger partial charge in [-0.25, -0.2) is 0 Å². The fraction of sp³-hybridized carbons (Fsp3) is 0.111. The molecule has 0 heterocycles. The minimum absolute atomic E-state index is 0.176. The zero-order valence-corrected chi connectivity index (χ0v) is 10.5. The first kappa shape index (κ1) is 12.7. The summed E-state index contributed by atoms with van der Waals surface area (Å²) >= 11 is 13.6. The van der Waals surface area contributed by atoms with Crippen molar-refractivity contribution in [2.75, 3.05) is 5.08 Å². The van der Waals surface area contributed by atoms with Crippen LogP contribution < -0.4 is 0 Å². The van der Waals surface area contributed by atoms with Gasteiger partial charge in [-0.3, -0.25) is 4.79 Å². The molecule has 0 spiro atoms. The number of rotatable bonds is 3. The second-order valence-corrected chi connectivity index (χ2v) is 5.33. The van der Waals surface area contributed by atoms with Gasteiger partial charge in [0.1, 0.15) is 5.40 Å². The maximum Gasteiger partial charge on any atom is 0.221 e. The summed E-state index contributed by atoms with van der Waals surface area (Å²) in [6, 6.07) is 4.72. The summed E-state index contributed by atoms with van der Waals surface area (Å²) in [5.74, 6) is 0. The Morgan fingerprint density at radius 1 is 1.47 bits per heavy atom. The highest BCUT2D eigenvalue weighted by Gasteiger charge is 2.11. The number of nitrogens with zero attached hydrogens (tertiary/aromatic N) is 1. The molecule has 1 aromatic rings. The third-order valence-corrected chi connectivity index (χ3v) is 3.58. The molecule has 1 aromatic carbocycles. The number of hydrogen-bond donors (Lipinski definition) is 0. The van der Waals surface area contributed by atoms with Crippen molar-refractivity contribution >= 4 is 51.8 Å². The Morgan fingerprint density at radius 2 is 2.20 bits per heavy atom. The molecule has 0 aliphatic heterocycles. The first-order valence-corrected chi connectivity index (χ1v) is 6.51. The number of carbonyl (C=O) groups is 1. The molecule has 0 amide bonds. The standard InChI is InChI=1S/C9H5Cl2NOS2/c10-6-1-2-8(11)7(3-6)9(13)15-5-14-4-12/h1-3H,5H2. The second kappa shape index (κ2) is 6.29. The zero-order valence-electron chi connectivity index (χ0n) is 7.37. The predicted molar refractivity (Wildman–Crippen MR) is 66.5 cm³/mol. The van der Waals surface area contributed by atoms with Crippen LogP contribution in [-0.4, -0.2) is 10.2 Å². The molecule has 78 valence electrons. The summed E-state index contributed by atoms with van der Waals surface area (Å²) in [6.45, 7) is 0. The summed E-state index contributed by atoms with van der Waals surface area (Å²) in [5, 5.41) is 11.2. The Bertz CT molecular complexity index is 417. The summed E-state index contributed by atoms with van der Waals surface area (Å²) in [7, 11) is 0. The van der Waals surface area contributed by atoms with Gasteiger partial charge in [0, 0.05) is 10.6 Å². The van der Waals surface area contributed by atoms with Crippen LogP contribution in [0.1, 0.15) is 10.4 Å². The van der Waals surface area contributed by atoms with Crippen LogP contribution in [0.15, 0.2) is 18.2 Å². The van der Waals surface area contributed by atoms with Gasteiger partial charge in [-0.05, 0) is 30.0 Å². The lowest BCUT2D eigenvalue weighted by Crippen LogP contribution is -1.94. The summed E-state index contributed by atoms with van der Waals surface area (Å²) < 4.78 is 0. The van der Waals surface area contributed by atoms with E-state index in [2.05, 4.69) is 0 Å². The van der Waals surface area contributed by atoms with E-state index < -0.39 is 0 Å². The van der Waals surface area contributed by atoms with Gasteiger partial charge < -0.3 is 0 Å². The molecule has 0 saturated carbocycles. The Kier molecular flexibility index (Phi) is 5.34. The van der Waals surface area contributed by atoms with Crippen LogP contribution in [-0.2, 0) is 0 Å². The molecule has 0 bridgehead atoms. The van der Waals surface area contributed by atoms with E-state index in [4.69, 9.17) is 28.5 Å². The summed E-state index contributed by atoms with van der Waals surface area (Å²) in [4.78, 5) is 11.6. The van der Waals surface area contributed by atoms with Crippen LogP contribution in [0.4, 0.5) is 0 Å². The van der Waals surface area contributed by atoms with Crippen molar-refractivity contribution in [3.05, 3.63) is 33.8 Å². The molecule has 0 atom stereocenters. The molecule has 2 nitrogen and oxygen atoms in total. The van der Waals surface area contributed by atoms with Gasteiger partial charge in [0.2, 0.25) is 5.12 Å². The number of benzene rings is 1. The summed E-state index contributed by atoms with van der Waals surface area (Å²) in [6.07, 6.45) is 0. The number of halogens is 2. The first-order chi connectivity index (χ1) is 7.15. The highest BCUT2D eigenvalue weighted by atomic mass is 35.5. The first-order valence-electron chi connectivity index (χ1n) is 3.78. The van der Waals surface area contributed by atoms with Gasteiger partial charge in [0.05, 0.1) is 10.1 Å². The molecular weight excluding hydrogens is 273 g/mol. The number of hydrogen-bond acceptors (Lipinski definition) is 4. The van der Waals surface area contributed by atoms with Crippen LogP contribution in [0.5, 0.6) is 0 Å². The van der Waals surface area contributed by atoms with Crippen molar-refractivity contribution in [2.24, 2.45) is 0 Å². The lowest BCUT2D eigenvalue weighted by atomic mass is 10.2. The van der Waals surface area contributed by atoms with Crippen molar-refractivity contribution in [1.82, 2.24) is 0 Å². The van der Waals surface area contributed by atoms with Crippen LogP contribution in [0.25, 0.3) is 0 Å². The number of thioether (sulfide) groups is 2. The van der Waals surface area contributed by atoms with E-state index in [1.165, 1.54) is 6.07 Å². The molecule has 0 radical (unpaired) electrons. The highest BCUT2D eigenvalue weighted by molar-refractivity contribution is 8.25. The molecule has 0 aromatic heterocycles. The van der Waals surface area contributed by atoms with Gasteiger partial charge in [0.15, 0.2) is 0 Å². The van der Waals surface area contributed by atoms with Crippen molar-refractivity contribution in [3.8, 4) is 5.40 Å². The van der Waals surface area contributed by atoms with Gasteiger partial charge in [-0.2, -0.15) is 5.26 Å². The van der Waals surface area contributed by atoms with Crippen LogP contribution in [0.2, 0.25) is 10.0 Å². The van der Waals surface area contributed by atoms with Crippen molar-refractivity contribution in [2.45, 2.75) is 0 Å². The largest absolute Gasteiger partial charge is 0.281 e. The molecule has 15 heavy (non-hydrogen) atoms. The van der Waals surface area contributed by atoms with E-state index in [-0.39, 0.29) is 5.12 Å². The molecule has 6 heteroatoms. The monoisotopic (exact) mass is 277 g/mol. The summed E-state index contributed by atoms with van der Waals surface area (Å²) in [5.41, 5.74) is 0.382. The molecule has 1 rings (SSSR count). The quantitative estimate of drug-likeness (QED) is 0.475. The third-order valence-electron chi connectivity index (χ3n) is 1.46. The average Bonchev–Trinajstić information content (AvgIpc) is 2.22. The van der Waals surface area contributed by atoms with Crippen LogP contribution >= 0.6 is 46.7 Å². The normalized spacial score (nSPS) is 9.67. The van der Waals surface area contributed by atoms with Crippen molar-refractivity contribution < 1.29 is 4.79 Å². The smallest absolute Gasteiger partial charge is 0.221 e. The Labute approximate surface area is 106 Å². The van der Waals surface area contributed by atoms with E-state index in [9.17, 15) is 4.79 Å². The number of nitriles is 1. The lowest BCUT2D eigenvalue weighted by molar-refractivity contribution is 0.108. The van der Waals surface area contributed by atoms with Crippen LogP contribution in [0.3, 0.4) is 0 Å². The maximum absolute atomic E-state index is 11.6. The number of carbonyl (C=O) groups excluding carboxylic acids is 1. The topological polar surface area (TPSA) is 40.9 Å². The van der Waals surface area contributed by atoms with Gasteiger partial charge in [0.25, 0.3) is 0 Å². The van der Waals surface area contributed by atoms with Gasteiger partial charge in [-0.1, -0.05) is 35.0 Å². The Morgan fingerprint density at radius 3 is 2.87 bits per heavy atom. The fourth-order valence-electron chi connectivity index (χ4n) is 0.841. The fourth-order valence-corrected chi connectivity index (χ4v) is 2.47. The zero-order chi connectivity index (χ0) is 11.3. The highest BCUT2D eigenvalue weighted by Crippen LogP contribution is 2.25. The van der Waals surface area contributed by atoms with Crippen LogP contribution in [0, 0.1) is 10.7 Å². The Hall–Kier alpha value is -0.340. The molecule has 0 aliphatic carbocycles. The van der Waals surface area contributed by atoms with E-state index >= 15 is 0 Å². The van der Waals surface area contributed by atoms with Crippen molar-refractivity contribution in [1.29, 1.82) is 5.26 Å². The molecule has 0 fully saturated rings. The van der Waals surface area contributed by atoms with Gasteiger partial charge in [-0.15, -0.1) is 0 Å². The molecular formula is C9H5Cl2NOS2. The van der Waals surface area contributed by atoms with E-state index in [1.807, 2.05) is 5.40 Å². The molecule has 0 N–H and O–H groups in total.